The third-order valence-corrected chi connectivity index (χ3v) is 3.70. The molecule has 1 aliphatic rings. The minimum atomic E-state index is -0.230. The van der Waals surface area contributed by atoms with Crippen molar-refractivity contribution in [1.82, 2.24) is 0 Å². The molecule has 0 atom stereocenters. The van der Waals surface area contributed by atoms with Gasteiger partial charge in [0.15, 0.2) is 12.4 Å². The van der Waals surface area contributed by atoms with Gasteiger partial charge in [0.05, 0.1) is 13.0 Å². The van der Waals surface area contributed by atoms with Crippen LogP contribution in [0.15, 0.2) is 24.3 Å². The number of ketones is 1. The number of hydrogen-bond donors (Lipinski definition) is 0. The van der Waals surface area contributed by atoms with Gasteiger partial charge in [0.25, 0.3) is 0 Å². The molecule has 2 rings (SSSR count). The minimum absolute atomic E-state index is 0.0209. The SMILES string of the molecule is COc1ccc(C(=O)COC(=O)C2CCCCC2)cc1. The maximum atomic E-state index is 11.9. The molecular formula is C16H20O4. The van der Waals surface area contributed by atoms with E-state index in [4.69, 9.17) is 9.47 Å². The lowest BCUT2D eigenvalue weighted by atomic mass is 9.89. The molecule has 0 N–H and O–H groups in total. The second kappa shape index (κ2) is 7.08. The van der Waals surface area contributed by atoms with E-state index in [2.05, 4.69) is 0 Å². The largest absolute Gasteiger partial charge is 0.497 e. The van der Waals surface area contributed by atoms with E-state index in [0.29, 0.717) is 11.3 Å². The van der Waals surface area contributed by atoms with Crippen LogP contribution in [-0.2, 0) is 9.53 Å². The summed E-state index contributed by atoms with van der Waals surface area (Å²) in [6.45, 7) is -0.179. The average Bonchev–Trinajstić information content (AvgIpc) is 2.53. The maximum Gasteiger partial charge on any atom is 0.309 e. The van der Waals surface area contributed by atoms with Gasteiger partial charge in [-0.05, 0) is 37.1 Å². The maximum absolute atomic E-state index is 11.9. The number of hydrogen-bond acceptors (Lipinski definition) is 4. The Balaban J connectivity index is 1.83. The number of ether oxygens (including phenoxy) is 2. The van der Waals surface area contributed by atoms with Crippen LogP contribution in [0.5, 0.6) is 5.75 Å². The number of carbonyl (C=O) groups is 2. The predicted octanol–water partition coefficient (Wildman–Crippen LogP) is 3.00. The van der Waals surface area contributed by atoms with Gasteiger partial charge in [-0.3, -0.25) is 9.59 Å². The van der Waals surface area contributed by atoms with Crippen LogP contribution in [-0.4, -0.2) is 25.5 Å². The van der Waals surface area contributed by atoms with Crippen molar-refractivity contribution in [2.45, 2.75) is 32.1 Å². The van der Waals surface area contributed by atoms with Gasteiger partial charge in [-0.25, -0.2) is 0 Å². The fraction of sp³-hybridized carbons (Fsp3) is 0.500. The first-order chi connectivity index (χ1) is 9.70. The Hall–Kier alpha value is -1.84. The number of esters is 1. The van der Waals surface area contributed by atoms with Crippen molar-refractivity contribution >= 4 is 11.8 Å². The molecule has 1 saturated carbocycles. The van der Waals surface area contributed by atoms with Crippen molar-refractivity contribution in [3.8, 4) is 5.75 Å². The summed E-state index contributed by atoms with van der Waals surface area (Å²) >= 11 is 0. The van der Waals surface area contributed by atoms with Crippen LogP contribution in [0.2, 0.25) is 0 Å². The number of carbonyl (C=O) groups excluding carboxylic acids is 2. The van der Waals surface area contributed by atoms with Crippen molar-refractivity contribution in [3.05, 3.63) is 29.8 Å². The van der Waals surface area contributed by atoms with Crippen LogP contribution in [0.1, 0.15) is 42.5 Å². The third kappa shape index (κ3) is 3.83. The Morgan fingerprint density at radius 3 is 2.35 bits per heavy atom. The van der Waals surface area contributed by atoms with Gasteiger partial charge < -0.3 is 9.47 Å². The standard InChI is InChI=1S/C16H20O4/c1-19-14-9-7-12(8-10-14)15(17)11-20-16(18)13-5-3-2-4-6-13/h7-10,13H,2-6,11H2,1H3. The molecule has 0 spiro atoms. The molecule has 4 heteroatoms. The Bertz CT molecular complexity index is 458. The van der Waals surface area contributed by atoms with Gasteiger partial charge in [0.2, 0.25) is 0 Å². The van der Waals surface area contributed by atoms with Crippen LogP contribution >= 0.6 is 0 Å². The minimum Gasteiger partial charge on any atom is -0.497 e. The molecule has 4 nitrogen and oxygen atoms in total. The van der Waals surface area contributed by atoms with Crippen molar-refractivity contribution in [2.75, 3.05) is 13.7 Å². The van der Waals surface area contributed by atoms with Gasteiger partial charge in [-0.2, -0.15) is 0 Å². The van der Waals surface area contributed by atoms with Crippen LogP contribution in [0.4, 0.5) is 0 Å². The summed E-state index contributed by atoms with van der Waals surface area (Å²) < 4.78 is 10.2. The fourth-order valence-corrected chi connectivity index (χ4v) is 2.45. The van der Waals surface area contributed by atoms with Crippen molar-refractivity contribution in [2.24, 2.45) is 5.92 Å². The number of methoxy groups -OCH3 is 1. The molecule has 0 saturated heterocycles. The lowest BCUT2D eigenvalue weighted by molar-refractivity contribution is -0.148. The van der Waals surface area contributed by atoms with E-state index in [9.17, 15) is 9.59 Å². The highest BCUT2D eigenvalue weighted by Crippen LogP contribution is 2.24. The summed E-state index contributed by atoms with van der Waals surface area (Å²) in [4.78, 5) is 23.8. The molecule has 20 heavy (non-hydrogen) atoms. The quantitative estimate of drug-likeness (QED) is 0.613. The molecule has 0 radical (unpaired) electrons. The van der Waals surface area contributed by atoms with E-state index in [1.165, 1.54) is 6.42 Å². The predicted molar refractivity (Wildman–Crippen MR) is 74.9 cm³/mol. The molecule has 0 bridgehead atoms. The normalized spacial score (nSPS) is 15.7. The molecule has 1 fully saturated rings. The van der Waals surface area contributed by atoms with Gasteiger partial charge in [0, 0.05) is 5.56 Å². The Morgan fingerprint density at radius 2 is 1.75 bits per heavy atom. The zero-order valence-electron chi connectivity index (χ0n) is 11.8. The molecule has 0 amide bonds. The lowest BCUT2D eigenvalue weighted by Crippen LogP contribution is -2.23. The van der Waals surface area contributed by atoms with E-state index in [-0.39, 0.29) is 24.3 Å². The van der Waals surface area contributed by atoms with Gasteiger partial charge in [0.1, 0.15) is 5.75 Å². The average molecular weight is 276 g/mol. The molecule has 1 aliphatic carbocycles. The summed E-state index contributed by atoms with van der Waals surface area (Å²) in [6, 6.07) is 6.79. The van der Waals surface area contributed by atoms with E-state index in [0.717, 1.165) is 25.7 Å². The third-order valence-electron chi connectivity index (χ3n) is 3.70. The summed E-state index contributed by atoms with van der Waals surface area (Å²) in [5, 5.41) is 0. The van der Waals surface area contributed by atoms with Crippen molar-refractivity contribution in [1.29, 1.82) is 0 Å². The zero-order chi connectivity index (χ0) is 14.4. The topological polar surface area (TPSA) is 52.6 Å². The fourth-order valence-electron chi connectivity index (χ4n) is 2.45. The summed E-state index contributed by atoms with van der Waals surface area (Å²) in [5.41, 5.74) is 0.530. The molecule has 0 heterocycles. The highest BCUT2D eigenvalue weighted by molar-refractivity contribution is 5.98. The highest BCUT2D eigenvalue weighted by atomic mass is 16.5. The smallest absolute Gasteiger partial charge is 0.309 e. The summed E-state index contributed by atoms with van der Waals surface area (Å²) in [7, 11) is 1.57. The van der Waals surface area contributed by atoms with Crippen molar-refractivity contribution < 1.29 is 19.1 Å². The van der Waals surface area contributed by atoms with Crippen LogP contribution in [0.25, 0.3) is 0 Å². The Kier molecular flexibility index (Phi) is 5.16. The molecule has 0 unspecified atom stereocenters. The number of rotatable bonds is 5. The second-order valence-corrected chi connectivity index (χ2v) is 5.09. The molecule has 1 aromatic carbocycles. The zero-order valence-corrected chi connectivity index (χ0v) is 11.8. The van der Waals surface area contributed by atoms with Crippen molar-refractivity contribution in [3.63, 3.8) is 0 Å². The van der Waals surface area contributed by atoms with Gasteiger partial charge in [-0.15, -0.1) is 0 Å². The van der Waals surface area contributed by atoms with E-state index >= 15 is 0 Å². The number of Topliss-reactive ketones (excluding diaryl/α,β-unsaturated/α-hetero) is 1. The first kappa shape index (κ1) is 14.6. The first-order valence-electron chi connectivity index (χ1n) is 7.04. The number of benzene rings is 1. The summed E-state index contributed by atoms with van der Waals surface area (Å²) in [6.07, 6.45) is 5.11. The Morgan fingerprint density at radius 1 is 1.10 bits per heavy atom. The van der Waals surface area contributed by atoms with E-state index in [1.54, 1.807) is 31.4 Å². The summed E-state index contributed by atoms with van der Waals surface area (Å²) in [5.74, 6) is 0.261. The van der Waals surface area contributed by atoms with Crippen LogP contribution in [0.3, 0.4) is 0 Å². The van der Waals surface area contributed by atoms with Gasteiger partial charge in [-0.1, -0.05) is 19.3 Å². The van der Waals surface area contributed by atoms with E-state index < -0.39 is 0 Å². The van der Waals surface area contributed by atoms with Gasteiger partial charge >= 0.3 is 5.97 Å². The second-order valence-electron chi connectivity index (χ2n) is 5.09. The molecular weight excluding hydrogens is 256 g/mol. The van der Waals surface area contributed by atoms with Crippen LogP contribution in [0, 0.1) is 5.92 Å². The first-order valence-corrected chi connectivity index (χ1v) is 7.04. The Labute approximate surface area is 119 Å². The molecule has 1 aromatic rings. The monoisotopic (exact) mass is 276 g/mol. The van der Waals surface area contributed by atoms with Crippen LogP contribution < -0.4 is 4.74 Å². The molecule has 108 valence electrons. The highest BCUT2D eigenvalue weighted by Gasteiger charge is 2.23. The lowest BCUT2D eigenvalue weighted by Gasteiger charge is -2.19. The molecule has 0 aliphatic heterocycles. The molecule has 0 aromatic heterocycles. The van der Waals surface area contributed by atoms with E-state index in [1.807, 2.05) is 0 Å².